The van der Waals surface area contributed by atoms with Gasteiger partial charge in [-0.1, -0.05) is 30.1 Å². The summed E-state index contributed by atoms with van der Waals surface area (Å²) in [4.78, 5) is 15.6. The quantitative estimate of drug-likeness (QED) is 0.489. The van der Waals surface area contributed by atoms with Crippen molar-refractivity contribution in [1.82, 2.24) is 14.9 Å². The summed E-state index contributed by atoms with van der Waals surface area (Å²) in [7, 11) is -4.33. The molecule has 0 bridgehead atoms. The molecule has 0 amide bonds. The lowest BCUT2D eigenvalue weighted by Crippen LogP contribution is -2.42. The molecule has 1 aromatic heterocycles. The summed E-state index contributed by atoms with van der Waals surface area (Å²) in [6.07, 6.45) is 3.73. The second-order valence-electron chi connectivity index (χ2n) is 8.38. The van der Waals surface area contributed by atoms with Crippen molar-refractivity contribution in [3.63, 3.8) is 0 Å². The summed E-state index contributed by atoms with van der Waals surface area (Å²) >= 11 is 0. The predicted molar refractivity (Wildman–Crippen MR) is 117 cm³/mol. The minimum Gasteiger partial charge on any atom is -0.480 e. The maximum atomic E-state index is 14.8. The van der Waals surface area contributed by atoms with Crippen LogP contribution >= 0.6 is 0 Å². The fraction of sp³-hybridized carbons (Fsp3) is 0.348. The number of benzene rings is 2. The number of sulfonamides is 1. The first-order valence-electron chi connectivity index (χ1n) is 10.8. The van der Waals surface area contributed by atoms with Crippen LogP contribution in [0.2, 0.25) is 0 Å². The molecule has 4 rings (SSSR count). The minimum absolute atomic E-state index is 0.0966. The minimum atomic E-state index is -4.33. The topological polar surface area (TPSA) is 122 Å². The van der Waals surface area contributed by atoms with E-state index < -0.39 is 38.6 Å². The monoisotopic (exact) mass is 491 g/mol. The van der Waals surface area contributed by atoms with E-state index in [0.29, 0.717) is 5.89 Å². The molecule has 2 N–H and O–H groups in total. The Morgan fingerprint density at radius 1 is 1.18 bits per heavy atom. The molecule has 2 aromatic carbocycles. The highest BCUT2D eigenvalue weighted by Crippen LogP contribution is 2.34. The molecule has 1 unspecified atom stereocenters. The number of hydrogen-bond donors (Lipinski definition) is 2. The van der Waals surface area contributed by atoms with Gasteiger partial charge in [-0.15, -0.1) is 0 Å². The third-order valence-electron chi connectivity index (χ3n) is 5.91. The molecule has 0 radical (unpaired) electrons. The fourth-order valence-corrected chi connectivity index (χ4v) is 5.16. The van der Waals surface area contributed by atoms with E-state index in [4.69, 9.17) is 4.52 Å². The lowest BCUT2D eigenvalue weighted by Gasteiger charge is -2.15. The third kappa shape index (κ3) is 5.15. The van der Waals surface area contributed by atoms with E-state index in [1.165, 1.54) is 31.2 Å². The molecule has 3 aromatic rings. The summed E-state index contributed by atoms with van der Waals surface area (Å²) < 4.78 is 61.1. The molecule has 0 saturated heterocycles. The molecule has 1 heterocycles. The Balaban J connectivity index is 1.51. The van der Waals surface area contributed by atoms with Crippen LogP contribution in [0.5, 0.6) is 0 Å². The van der Waals surface area contributed by atoms with E-state index in [9.17, 15) is 27.1 Å². The van der Waals surface area contributed by atoms with E-state index in [1.54, 1.807) is 0 Å². The van der Waals surface area contributed by atoms with Crippen LogP contribution in [0.4, 0.5) is 8.78 Å². The van der Waals surface area contributed by atoms with Crippen molar-refractivity contribution in [1.29, 1.82) is 0 Å². The zero-order chi connectivity index (χ0) is 24.5. The number of halogens is 2. The van der Waals surface area contributed by atoms with Crippen molar-refractivity contribution in [3.8, 4) is 11.4 Å². The van der Waals surface area contributed by atoms with Gasteiger partial charge < -0.3 is 9.63 Å². The number of rotatable bonds is 8. The van der Waals surface area contributed by atoms with Gasteiger partial charge in [-0.3, -0.25) is 4.79 Å². The summed E-state index contributed by atoms with van der Waals surface area (Å²) in [5.74, 6) is -2.13. The SMILES string of the molecule is Cc1ccc(S(=O)(=O)NC(Cc2ccc(-c3noc(C4CCCC4)n3)c(F)c2)C(=O)O)cc1F. The second kappa shape index (κ2) is 9.59. The summed E-state index contributed by atoms with van der Waals surface area (Å²) in [5.41, 5.74) is 0.589. The number of aromatic nitrogens is 2. The average Bonchev–Trinajstić information content (AvgIpc) is 3.47. The zero-order valence-electron chi connectivity index (χ0n) is 18.3. The Kier molecular flexibility index (Phi) is 6.76. The Morgan fingerprint density at radius 3 is 2.56 bits per heavy atom. The lowest BCUT2D eigenvalue weighted by molar-refractivity contribution is -0.138. The van der Waals surface area contributed by atoms with E-state index in [2.05, 4.69) is 10.1 Å². The van der Waals surface area contributed by atoms with Crippen molar-refractivity contribution in [2.75, 3.05) is 0 Å². The van der Waals surface area contributed by atoms with E-state index in [1.807, 2.05) is 4.72 Å². The maximum absolute atomic E-state index is 14.8. The molecule has 8 nitrogen and oxygen atoms in total. The van der Waals surface area contributed by atoms with Crippen molar-refractivity contribution in [2.24, 2.45) is 0 Å². The Bertz CT molecular complexity index is 1320. The molecule has 0 spiro atoms. The third-order valence-corrected chi connectivity index (χ3v) is 7.38. The standard InChI is InChI=1S/C23H23F2N3O5S/c1-13-6-8-16(12-18(13)24)34(31,32)28-20(23(29)30)11-14-7-9-17(19(25)10-14)21-26-22(33-27-21)15-4-2-3-5-15/h6-10,12,15,20,28H,2-5,11H2,1H3,(H,29,30). The predicted octanol–water partition coefficient (Wildman–Crippen LogP) is 3.96. The number of aliphatic carboxylic acids is 1. The summed E-state index contributed by atoms with van der Waals surface area (Å²) in [5, 5.41) is 13.4. The normalized spacial score (nSPS) is 15.5. The Hall–Kier alpha value is -3.18. The van der Waals surface area contributed by atoms with Crippen molar-refractivity contribution < 1.29 is 31.6 Å². The zero-order valence-corrected chi connectivity index (χ0v) is 19.1. The first-order chi connectivity index (χ1) is 16.1. The molecule has 1 aliphatic carbocycles. The van der Waals surface area contributed by atoms with Crippen LogP contribution in [0.15, 0.2) is 45.8 Å². The van der Waals surface area contributed by atoms with Gasteiger partial charge >= 0.3 is 5.97 Å². The first-order valence-corrected chi connectivity index (χ1v) is 12.3. The highest BCUT2D eigenvalue weighted by Gasteiger charge is 2.27. The number of nitrogens with one attached hydrogen (secondary N) is 1. The van der Waals surface area contributed by atoms with E-state index in [-0.39, 0.29) is 34.9 Å². The largest absolute Gasteiger partial charge is 0.480 e. The Morgan fingerprint density at radius 2 is 1.91 bits per heavy atom. The number of hydrogen-bond acceptors (Lipinski definition) is 6. The molecule has 0 aliphatic heterocycles. The molecule has 1 saturated carbocycles. The average molecular weight is 492 g/mol. The van der Waals surface area contributed by atoms with Crippen LogP contribution in [-0.2, 0) is 21.2 Å². The molecule has 1 atom stereocenters. The highest BCUT2D eigenvalue weighted by atomic mass is 32.2. The molecule has 34 heavy (non-hydrogen) atoms. The van der Waals surface area contributed by atoms with Crippen LogP contribution in [-0.4, -0.2) is 35.7 Å². The molecule has 1 fully saturated rings. The van der Waals surface area contributed by atoms with E-state index >= 15 is 0 Å². The second-order valence-corrected chi connectivity index (χ2v) is 10.1. The molecule has 1 aliphatic rings. The van der Waals surface area contributed by atoms with Gasteiger partial charge in [0.25, 0.3) is 0 Å². The van der Waals surface area contributed by atoms with Crippen LogP contribution in [0.3, 0.4) is 0 Å². The van der Waals surface area contributed by atoms with Gasteiger partial charge in [0, 0.05) is 5.92 Å². The van der Waals surface area contributed by atoms with Crippen LogP contribution in [0.25, 0.3) is 11.4 Å². The fourth-order valence-electron chi connectivity index (χ4n) is 3.96. The van der Waals surface area contributed by atoms with Crippen molar-refractivity contribution in [2.45, 2.75) is 55.9 Å². The summed E-state index contributed by atoms with van der Waals surface area (Å²) in [6.45, 7) is 1.47. The lowest BCUT2D eigenvalue weighted by atomic mass is 10.0. The summed E-state index contributed by atoms with van der Waals surface area (Å²) in [6, 6.07) is 5.66. The maximum Gasteiger partial charge on any atom is 0.322 e. The van der Waals surface area contributed by atoms with Gasteiger partial charge in [0.05, 0.1) is 10.5 Å². The van der Waals surface area contributed by atoms with E-state index in [0.717, 1.165) is 37.8 Å². The van der Waals surface area contributed by atoms with Crippen LogP contribution in [0, 0.1) is 18.6 Å². The van der Waals surface area contributed by atoms with Crippen LogP contribution < -0.4 is 4.72 Å². The molecule has 180 valence electrons. The number of carboxylic acid groups (broad SMARTS) is 1. The number of aryl methyl sites for hydroxylation is 1. The van der Waals surface area contributed by atoms with Crippen molar-refractivity contribution >= 4 is 16.0 Å². The van der Waals surface area contributed by atoms with Crippen LogP contribution in [0.1, 0.15) is 48.6 Å². The highest BCUT2D eigenvalue weighted by molar-refractivity contribution is 7.89. The molecular weight excluding hydrogens is 468 g/mol. The van der Waals surface area contributed by atoms with Gasteiger partial charge in [-0.25, -0.2) is 17.2 Å². The van der Waals surface area contributed by atoms with Gasteiger partial charge in [0.1, 0.15) is 17.7 Å². The molecule has 11 heteroatoms. The van der Waals surface area contributed by atoms with Gasteiger partial charge in [-0.05, 0) is 61.6 Å². The van der Waals surface area contributed by atoms with Gasteiger partial charge in [0.15, 0.2) is 0 Å². The number of nitrogens with zero attached hydrogens (tertiary/aromatic N) is 2. The van der Waals surface area contributed by atoms with Gasteiger partial charge in [0.2, 0.25) is 21.7 Å². The smallest absolute Gasteiger partial charge is 0.322 e. The first kappa shape index (κ1) is 24.0. The Labute approximate surface area is 195 Å². The number of carbonyl (C=O) groups is 1. The molecular formula is C23H23F2N3O5S. The number of carboxylic acids is 1. The van der Waals surface area contributed by atoms with Crippen molar-refractivity contribution in [3.05, 3.63) is 65.1 Å². The van der Waals surface area contributed by atoms with Gasteiger partial charge in [-0.2, -0.15) is 9.71 Å².